The Labute approximate surface area is 99.4 Å². The van der Waals surface area contributed by atoms with Gasteiger partial charge in [-0.05, 0) is 43.0 Å². The first-order valence-electron chi connectivity index (χ1n) is 5.19. The zero-order valence-corrected chi connectivity index (χ0v) is 10.6. The second-order valence-electron chi connectivity index (χ2n) is 3.49. The normalized spacial score (nSPS) is 10.3. The molecular formula is C12H17BrO2. The fraction of sp³-hybridized carbons (Fsp3) is 0.500. The van der Waals surface area contributed by atoms with E-state index >= 15 is 0 Å². The number of alkyl halides is 1. The maximum absolute atomic E-state index is 9.62. The summed E-state index contributed by atoms with van der Waals surface area (Å²) in [6.07, 6.45) is 4.38. The summed E-state index contributed by atoms with van der Waals surface area (Å²) >= 11 is 3.40. The Morgan fingerprint density at radius 2 is 2.07 bits per heavy atom. The van der Waals surface area contributed by atoms with Gasteiger partial charge in [-0.15, -0.1) is 0 Å². The molecule has 0 bridgehead atoms. The van der Waals surface area contributed by atoms with E-state index in [1.54, 1.807) is 19.2 Å². The van der Waals surface area contributed by atoms with Crippen molar-refractivity contribution in [3.63, 3.8) is 0 Å². The first-order valence-corrected chi connectivity index (χ1v) is 6.32. The van der Waals surface area contributed by atoms with E-state index in [-0.39, 0.29) is 0 Å². The molecule has 15 heavy (non-hydrogen) atoms. The van der Waals surface area contributed by atoms with Gasteiger partial charge in [0, 0.05) is 5.33 Å². The molecule has 0 fully saturated rings. The van der Waals surface area contributed by atoms with Gasteiger partial charge in [0.05, 0.1) is 7.11 Å². The minimum Gasteiger partial charge on any atom is -0.508 e. The van der Waals surface area contributed by atoms with Gasteiger partial charge in [0.2, 0.25) is 0 Å². The van der Waals surface area contributed by atoms with Crippen LogP contribution in [0.2, 0.25) is 0 Å². The van der Waals surface area contributed by atoms with Gasteiger partial charge >= 0.3 is 0 Å². The summed E-state index contributed by atoms with van der Waals surface area (Å²) in [4.78, 5) is 0. The summed E-state index contributed by atoms with van der Waals surface area (Å²) in [5, 5.41) is 10.7. The third kappa shape index (κ3) is 4.12. The van der Waals surface area contributed by atoms with Crippen LogP contribution >= 0.6 is 15.9 Å². The Hall–Kier alpha value is -0.700. The third-order valence-electron chi connectivity index (χ3n) is 2.37. The molecule has 0 aromatic heterocycles. The predicted octanol–water partition coefficient (Wildman–Crippen LogP) is 3.51. The van der Waals surface area contributed by atoms with Crippen LogP contribution in [0.4, 0.5) is 0 Å². The van der Waals surface area contributed by atoms with Crippen LogP contribution in [-0.2, 0) is 6.42 Å². The van der Waals surface area contributed by atoms with Crippen molar-refractivity contribution in [2.45, 2.75) is 25.7 Å². The van der Waals surface area contributed by atoms with Gasteiger partial charge in [0.1, 0.15) is 11.5 Å². The molecule has 84 valence electrons. The number of hydrogen-bond acceptors (Lipinski definition) is 2. The largest absolute Gasteiger partial charge is 0.508 e. The van der Waals surface area contributed by atoms with E-state index in [2.05, 4.69) is 15.9 Å². The van der Waals surface area contributed by atoms with Gasteiger partial charge in [0.15, 0.2) is 0 Å². The maximum atomic E-state index is 9.62. The standard InChI is InChI=1S/C12H17BrO2/c1-15-11-6-7-12(14)10(9-11)5-3-2-4-8-13/h6-7,9,14H,2-5,8H2,1H3. The fourth-order valence-electron chi connectivity index (χ4n) is 1.48. The smallest absolute Gasteiger partial charge is 0.119 e. The van der Waals surface area contributed by atoms with Crippen molar-refractivity contribution in [2.75, 3.05) is 12.4 Å². The van der Waals surface area contributed by atoms with E-state index < -0.39 is 0 Å². The summed E-state index contributed by atoms with van der Waals surface area (Å²) in [5.74, 6) is 1.18. The molecule has 0 atom stereocenters. The number of phenols is 1. The summed E-state index contributed by atoms with van der Waals surface area (Å²) in [7, 11) is 1.64. The molecule has 1 N–H and O–H groups in total. The predicted molar refractivity (Wildman–Crippen MR) is 66.0 cm³/mol. The van der Waals surface area contributed by atoms with E-state index in [9.17, 15) is 5.11 Å². The number of methoxy groups -OCH3 is 1. The van der Waals surface area contributed by atoms with Gasteiger partial charge in [-0.25, -0.2) is 0 Å². The molecule has 0 radical (unpaired) electrons. The van der Waals surface area contributed by atoms with Crippen LogP contribution in [0.1, 0.15) is 24.8 Å². The molecule has 1 aromatic carbocycles. The first kappa shape index (κ1) is 12.4. The Kier molecular flexibility index (Phi) is 5.54. The quantitative estimate of drug-likeness (QED) is 0.635. The minimum absolute atomic E-state index is 0.370. The van der Waals surface area contributed by atoms with Crippen LogP contribution in [0.15, 0.2) is 18.2 Å². The monoisotopic (exact) mass is 272 g/mol. The highest BCUT2D eigenvalue weighted by Crippen LogP contribution is 2.24. The second-order valence-corrected chi connectivity index (χ2v) is 4.29. The SMILES string of the molecule is COc1ccc(O)c(CCCCCBr)c1. The summed E-state index contributed by atoms with van der Waals surface area (Å²) in [6.45, 7) is 0. The average Bonchev–Trinajstić information content (AvgIpc) is 2.26. The summed E-state index contributed by atoms with van der Waals surface area (Å²) in [5.41, 5.74) is 0.976. The fourth-order valence-corrected chi connectivity index (χ4v) is 1.87. The van der Waals surface area contributed by atoms with Crippen LogP contribution in [0.5, 0.6) is 11.5 Å². The molecule has 2 nitrogen and oxygen atoms in total. The topological polar surface area (TPSA) is 29.5 Å². The van der Waals surface area contributed by atoms with Gasteiger partial charge in [-0.1, -0.05) is 22.4 Å². The lowest BCUT2D eigenvalue weighted by molar-refractivity contribution is 0.410. The van der Waals surface area contributed by atoms with Crippen LogP contribution in [0, 0.1) is 0 Å². The van der Waals surface area contributed by atoms with Gasteiger partial charge in [0.25, 0.3) is 0 Å². The van der Waals surface area contributed by atoms with E-state index in [4.69, 9.17) is 4.74 Å². The summed E-state index contributed by atoms with van der Waals surface area (Å²) < 4.78 is 5.12. The highest BCUT2D eigenvalue weighted by molar-refractivity contribution is 9.09. The van der Waals surface area contributed by atoms with E-state index in [0.29, 0.717) is 5.75 Å². The number of unbranched alkanes of at least 4 members (excludes halogenated alkanes) is 2. The molecule has 0 saturated carbocycles. The zero-order valence-electron chi connectivity index (χ0n) is 9.00. The van der Waals surface area contributed by atoms with Crippen molar-refractivity contribution in [3.8, 4) is 11.5 Å². The molecule has 0 heterocycles. The van der Waals surface area contributed by atoms with E-state index in [1.807, 2.05) is 6.07 Å². The van der Waals surface area contributed by atoms with Gasteiger partial charge in [-0.2, -0.15) is 0 Å². The number of aromatic hydroxyl groups is 1. The molecule has 3 heteroatoms. The number of rotatable bonds is 6. The lowest BCUT2D eigenvalue weighted by Crippen LogP contribution is -1.90. The molecule has 0 aliphatic rings. The number of halogens is 1. The van der Waals surface area contributed by atoms with Crippen molar-refractivity contribution in [2.24, 2.45) is 0 Å². The molecule has 0 aliphatic heterocycles. The average molecular weight is 273 g/mol. The summed E-state index contributed by atoms with van der Waals surface area (Å²) in [6, 6.07) is 5.37. The van der Waals surface area contributed by atoms with Crippen LogP contribution < -0.4 is 4.74 Å². The zero-order chi connectivity index (χ0) is 11.1. The molecule has 1 aromatic rings. The molecule has 0 saturated heterocycles. The first-order chi connectivity index (χ1) is 7.27. The van der Waals surface area contributed by atoms with Crippen molar-refractivity contribution in [3.05, 3.63) is 23.8 Å². The van der Waals surface area contributed by atoms with Gasteiger partial charge in [-0.3, -0.25) is 0 Å². The minimum atomic E-state index is 0.370. The Bertz CT molecular complexity index is 300. The van der Waals surface area contributed by atoms with Crippen molar-refractivity contribution < 1.29 is 9.84 Å². The number of phenolic OH excluding ortho intramolecular Hbond substituents is 1. The van der Waals surface area contributed by atoms with E-state index in [0.717, 1.165) is 29.5 Å². The molecule has 0 spiro atoms. The Morgan fingerprint density at radius 1 is 1.27 bits per heavy atom. The van der Waals surface area contributed by atoms with Crippen LogP contribution in [0.25, 0.3) is 0 Å². The number of hydrogen-bond donors (Lipinski definition) is 1. The molecule has 0 amide bonds. The van der Waals surface area contributed by atoms with Gasteiger partial charge < -0.3 is 9.84 Å². The van der Waals surface area contributed by atoms with E-state index in [1.165, 1.54) is 12.8 Å². The number of benzene rings is 1. The third-order valence-corrected chi connectivity index (χ3v) is 2.93. The Balaban J connectivity index is 2.51. The lowest BCUT2D eigenvalue weighted by atomic mass is 10.1. The molecule has 0 aliphatic carbocycles. The molecular weight excluding hydrogens is 256 g/mol. The lowest BCUT2D eigenvalue weighted by Gasteiger charge is -2.06. The maximum Gasteiger partial charge on any atom is 0.119 e. The van der Waals surface area contributed by atoms with Crippen molar-refractivity contribution in [1.82, 2.24) is 0 Å². The number of ether oxygens (including phenoxy) is 1. The highest BCUT2D eigenvalue weighted by Gasteiger charge is 2.02. The van der Waals surface area contributed by atoms with Crippen molar-refractivity contribution in [1.29, 1.82) is 0 Å². The highest BCUT2D eigenvalue weighted by atomic mass is 79.9. The van der Waals surface area contributed by atoms with Crippen molar-refractivity contribution >= 4 is 15.9 Å². The molecule has 0 unspecified atom stereocenters. The number of aryl methyl sites for hydroxylation is 1. The second kappa shape index (κ2) is 6.72. The van der Waals surface area contributed by atoms with Crippen LogP contribution in [0.3, 0.4) is 0 Å². The Morgan fingerprint density at radius 3 is 2.73 bits per heavy atom. The molecule has 1 rings (SSSR count). The van der Waals surface area contributed by atoms with Crippen LogP contribution in [-0.4, -0.2) is 17.5 Å².